The molecule has 0 aliphatic carbocycles. The zero-order chi connectivity index (χ0) is 19.9. The van der Waals surface area contributed by atoms with Crippen molar-refractivity contribution in [1.29, 1.82) is 0 Å². The fourth-order valence-electron chi connectivity index (χ4n) is 3.70. The molecule has 0 saturated carbocycles. The lowest BCUT2D eigenvalue weighted by atomic mass is 10.0. The minimum atomic E-state index is -0.926. The molecule has 1 atom stereocenters. The van der Waals surface area contributed by atoms with Crippen molar-refractivity contribution in [3.05, 3.63) is 29.0 Å². The summed E-state index contributed by atoms with van der Waals surface area (Å²) in [4.78, 5) is 25.4. The van der Waals surface area contributed by atoms with Crippen LogP contribution in [0.3, 0.4) is 0 Å². The van der Waals surface area contributed by atoms with Gasteiger partial charge in [-0.25, -0.2) is 9.59 Å². The fourth-order valence-corrected chi connectivity index (χ4v) is 3.70. The van der Waals surface area contributed by atoms with Gasteiger partial charge >= 0.3 is 12.1 Å². The summed E-state index contributed by atoms with van der Waals surface area (Å²) in [7, 11) is 0. The number of carbonyl (C=O) groups excluding carboxylic acids is 1. The third-order valence-corrected chi connectivity index (χ3v) is 5.02. The smallest absolute Gasteiger partial charge is 0.410 e. The van der Waals surface area contributed by atoms with Crippen molar-refractivity contribution in [2.45, 2.75) is 53.2 Å². The molecule has 0 spiro atoms. The summed E-state index contributed by atoms with van der Waals surface area (Å²) >= 11 is 0. The van der Waals surface area contributed by atoms with Crippen molar-refractivity contribution in [3.63, 3.8) is 0 Å². The van der Waals surface area contributed by atoms with Crippen LogP contribution in [0.15, 0.2) is 12.1 Å². The molecular formula is C20H27N3O4. The lowest BCUT2D eigenvalue weighted by Gasteiger charge is -2.24. The summed E-state index contributed by atoms with van der Waals surface area (Å²) in [6.07, 6.45) is 0.628. The molecular weight excluding hydrogens is 346 g/mol. The van der Waals surface area contributed by atoms with E-state index in [9.17, 15) is 14.7 Å². The van der Waals surface area contributed by atoms with Gasteiger partial charge in [-0.2, -0.15) is 5.10 Å². The minimum absolute atomic E-state index is 0.269. The number of benzene rings is 1. The summed E-state index contributed by atoms with van der Waals surface area (Å²) < 4.78 is 7.39. The van der Waals surface area contributed by atoms with Gasteiger partial charge in [-0.15, -0.1) is 0 Å². The number of likely N-dealkylation sites (tertiary alicyclic amines) is 1. The fraction of sp³-hybridized carbons (Fsp3) is 0.550. The van der Waals surface area contributed by atoms with E-state index in [1.807, 2.05) is 39.3 Å². The lowest BCUT2D eigenvalue weighted by molar-refractivity contribution is 0.0286. The highest BCUT2D eigenvalue weighted by molar-refractivity contribution is 5.97. The molecule has 2 aromatic rings. The maximum atomic E-state index is 12.2. The zero-order valence-corrected chi connectivity index (χ0v) is 16.6. The quantitative estimate of drug-likeness (QED) is 0.888. The summed E-state index contributed by atoms with van der Waals surface area (Å²) in [5, 5.41) is 14.9. The van der Waals surface area contributed by atoms with Crippen LogP contribution < -0.4 is 0 Å². The van der Waals surface area contributed by atoms with E-state index in [-0.39, 0.29) is 6.09 Å². The predicted molar refractivity (Wildman–Crippen MR) is 102 cm³/mol. The number of fused-ring (bicyclic) bond motifs is 1. The molecule has 1 fully saturated rings. The Morgan fingerprint density at radius 1 is 1.30 bits per heavy atom. The van der Waals surface area contributed by atoms with Gasteiger partial charge in [0.05, 0.1) is 11.1 Å². The molecule has 0 unspecified atom stereocenters. The Balaban J connectivity index is 1.76. The molecule has 27 heavy (non-hydrogen) atoms. The predicted octanol–water partition coefficient (Wildman–Crippen LogP) is 3.61. The average Bonchev–Trinajstić information content (AvgIpc) is 3.12. The maximum Gasteiger partial charge on any atom is 0.410 e. The van der Waals surface area contributed by atoms with Crippen molar-refractivity contribution in [2.24, 2.45) is 5.92 Å². The van der Waals surface area contributed by atoms with Gasteiger partial charge in [-0.05, 0) is 64.7 Å². The average molecular weight is 373 g/mol. The van der Waals surface area contributed by atoms with E-state index in [2.05, 4.69) is 5.10 Å². The molecule has 146 valence electrons. The Kier molecular flexibility index (Phi) is 4.88. The summed E-state index contributed by atoms with van der Waals surface area (Å²) in [5.41, 5.74) is 2.32. The van der Waals surface area contributed by atoms with E-state index < -0.39 is 11.6 Å². The van der Waals surface area contributed by atoms with Crippen molar-refractivity contribution in [3.8, 4) is 0 Å². The number of aromatic carboxylic acids is 1. The van der Waals surface area contributed by atoms with Gasteiger partial charge in [0, 0.05) is 30.7 Å². The number of aromatic nitrogens is 2. The second-order valence-corrected chi connectivity index (χ2v) is 8.29. The molecule has 0 bridgehead atoms. The van der Waals surface area contributed by atoms with Crippen LogP contribution in [0.1, 0.15) is 48.8 Å². The highest BCUT2D eigenvalue weighted by Gasteiger charge is 2.30. The van der Waals surface area contributed by atoms with E-state index in [0.29, 0.717) is 31.1 Å². The number of nitrogens with zero attached hydrogens (tertiary/aromatic N) is 3. The molecule has 1 saturated heterocycles. The normalized spacial score (nSPS) is 17.5. The Morgan fingerprint density at radius 2 is 2.00 bits per heavy atom. The second-order valence-electron chi connectivity index (χ2n) is 8.29. The number of carboxylic acid groups (broad SMARTS) is 1. The largest absolute Gasteiger partial charge is 0.478 e. The van der Waals surface area contributed by atoms with Crippen LogP contribution in [0.2, 0.25) is 0 Å². The molecule has 1 aliphatic rings. The van der Waals surface area contributed by atoms with E-state index in [1.165, 1.54) is 0 Å². The van der Waals surface area contributed by atoms with E-state index in [1.54, 1.807) is 17.0 Å². The molecule has 1 aromatic carbocycles. The highest BCUT2D eigenvalue weighted by Crippen LogP contribution is 2.27. The number of carbonyl (C=O) groups is 2. The van der Waals surface area contributed by atoms with Crippen LogP contribution in [0.5, 0.6) is 0 Å². The SMILES string of the molecule is Cc1c(C(=O)O)ccc2nn(C[C@@H]3CCN(C(=O)OC(C)(C)C)C3)c(C)c12. The van der Waals surface area contributed by atoms with E-state index >= 15 is 0 Å². The van der Waals surface area contributed by atoms with E-state index in [4.69, 9.17) is 4.74 Å². The standard InChI is InChI=1S/C20H27N3O4/c1-12-15(18(24)25)6-7-16-17(12)13(2)23(21-16)11-14-8-9-22(10-14)19(26)27-20(3,4)5/h6-7,14H,8-11H2,1-5H3,(H,24,25)/t14-/m1/s1. The molecule has 7 nitrogen and oxygen atoms in total. The third kappa shape index (κ3) is 3.91. The first-order valence-corrected chi connectivity index (χ1v) is 9.25. The number of aryl methyl sites for hydroxylation is 2. The van der Waals surface area contributed by atoms with Gasteiger partial charge in [0.1, 0.15) is 5.60 Å². The molecule has 1 aliphatic heterocycles. The van der Waals surface area contributed by atoms with Crippen LogP contribution in [0, 0.1) is 19.8 Å². The molecule has 7 heteroatoms. The minimum Gasteiger partial charge on any atom is -0.478 e. The first-order valence-electron chi connectivity index (χ1n) is 9.25. The Hall–Kier alpha value is -2.57. The summed E-state index contributed by atoms with van der Waals surface area (Å²) in [6.45, 7) is 11.4. The molecule has 1 amide bonds. The molecule has 2 heterocycles. The Bertz CT molecular complexity index is 895. The van der Waals surface area contributed by atoms with Gasteiger partial charge < -0.3 is 14.7 Å². The van der Waals surface area contributed by atoms with Crippen molar-refractivity contribution >= 4 is 23.0 Å². The molecule has 1 N–H and O–H groups in total. The summed E-state index contributed by atoms with van der Waals surface area (Å²) in [6, 6.07) is 3.37. The number of hydrogen-bond acceptors (Lipinski definition) is 4. The number of ether oxygens (including phenoxy) is 1. The Labute approximate surface area is 158 Å². The topological polar surface area (TPSA) is 84.7 Å². The van der Waals surface area contributed by atoms with Crippen LogP contribution in [0.25, 0.3) is 10.9 Å². The van der Waals surface area contributed by atoms with Crippen LogP contribution in [-0.2, 0) is 11.3 Å². The lowest BCUT2D eigenvalue weighted by Crippen LogP contribution is -2.35. The summed E-state index contributed by atoms with van der Waals surface area (Å²) in [5.74, 6) is -0.630. The maximum absolute atomic E-state index is 12.2. The van der Waals surface area contributed by atoms with Crippen molar-refractivity contribution in [1.82, 2.24) is 14.7 Å². The monoisotopic (exact) mass is 373 g/mol. The van der Waals surface area contributed by atoms with Gasteiger partial charge in [0.2, 0.25) is 0 Å². The number of amides is 1. The molecule has 3 rings (SSSR count). The highest BCUT2D eigenvalue weighted by atomic mass is 16.6. The second kappa shape index (κ2) is 6.87. The first kappa shape index (κ1) is 19.2. The van der Waals surface area contributed by atoms with Gasteiger partial charge in [0.25, 0.3) is 0 Å². The van der Waals surface area contributed by atoms with Crippen LogP contribution in [0.4, 0.5) is 4.79 Å². The van der Waals surface area contributed by atoms with Crippen LogP contribution in [-0.4, -0.2) is 50.5 Å². The van der Waals surface area contributed by atoms with Gasteiger partial charge in [-0.3, -0.25) is 4.68 Å². The Morgan fingerprint density at radius 3 is 2.63 bits per heavy atom. The van der Waals surface area contributed by atoms with E-state index in [0.717, 1.165) is 28.6 Å². The molecule has 0 radical (unpaired) electrons. The number of carboxylic acids is 1. The number of hydrogen-bond donors (Lipinski definition) is 1. The van der Waals surface area contributed by atoms with Gasteiger partial charge in [-0.1, -0.05) is 0 Å². The molecule has 1 aromatic heterocycles. The zero-order valence-electron chi connectivity index (χ0n) is 16.6. The van der Waals surface area contributed by atoms with Crippen LogP contribution >= 0.6 is 0 Å². The number of rotatable bonds is 3. The van der Waals surface area contributed by atoms with Gasteiger partial charge in [0.15, 0.2) is 0 Å². The third-order valence-electron chi connectivity index (χ3n) is 5.02. The first-order chi connectivity index (χ1) is 12.6. The van der Waals surface area contributed by atoms with Crippen molar-refractivity contribution < 1.29 is 19.4 Å². The van der Waals surface area contributed by atoms with Crippen molar-refractivity contribution in [2.75, 3.05) is 13.1 Å².